The molecular weight excluding hydrogens is 368 g/mol. The molecule has 3 heterocycles. The van der Waals surface area contributed by atoms with Crippen LogP contribution in [0.2, 0.25) is 0 Å². The van der Waals surface area contributed by atoms with Crippen LogP contribution in [0.5, 0.6) is 0 Å². The fraction of sp³-hybridized carbons (Fsp3) is 0.381. The van der Waals surface area contributed by atoms with Gasteiger partial charge in [0.25, 0.3) is 0 Å². The SMILES string of the molecule is Cc1cc(NC(=O)CN2CCN(Cc3cc(C)on3)CC2)n(-c2ccccc2)n1. The zero-order chi connectivity index (χ0) is 20.2. The highest BCUT2D eigenvalue weighted by atomic mass is 16.5. The number of para-hydroxylation sites is 1. The summed E-state index contributed by atoms with van der Waals surface area (Å²) in [6.07, 6.45) is 0. The number of hydrogen-bond acceptors (Lipinski definition) is 6. The lowest BCUT2D eigenvalue weighted by Gasteiger charge is -2.33. The van der Waals surface area contributed by atoms with Crippen LogP contribution in [0.3, 0.4) is 0 Å². The number of nitrogens with one attached hydrogen (secondary N) is 1. The molecule has 152 valence electrons. The van der Waals surface area contributed by atoms with Gasteiger partial charge in [0.2, 0.25) is 5.91 Å². The normalized spacial score (nSPS) is 15.5. The predicted molar refractivity (Wildman–Crippen MR) is 110 cm³/mol. The molecule has 3 aromatic rings. The minimum absolute atomic E-state index is 0.0253. The smallest absolute Gasteiger partial charge is 0.239 e. The van der Waals surface area contributed by atoms with E-state index in [-0.39, 0.29) is 5.91 Å². The van der Waals surface area contributed by atoms with E-state index in [2.05, 4.69) is 25.4 Å². The Hall–Kier alpha value is -2.97. The Morgan fingerprint density at radius 3 is 2.48 bits per heavy atom. The van der Waals surface area contributed by atoms with Gasteiger partial charge in [-0.2, -0.15) is 5.10 Å². The first kappa shape index (κ1) is 19.4. The van der Waals surface area contributed by atoms with Crippen LogP contribution in [0.25, 0.3) is 5.69 Å². The second kappa shape index (κ2) is 8.59. The van der Waals surface area contributed by atoms with Crippen molar-refractivity contribution in [1.29, 1.82) is 0 Å². The minimum Gasteiger partial charge on any atom is -0.361 e. The van der Waals surface area contributed by atoms with Gasteiger partial charge in [0.15, 0.2) is 0 Å². The maximum Gasteiger partial charge on any atom is 0.239 e. The summed E-state index contributed by atoms with van der Waals surface area (Å²) < 4.78 is 6.90. The number of amides is 1. The summed E-state index contributed by atoms with van der Waals surface area (Å²) in [4.78, 5) is 17.1. The topological polar surface area (TPSA) is 79.4 Å². The molecule has 4 rings (SSSR count). The van der Waals surface area contributed by atoms with Gasteiger partial charge in [-0.05, 0) is 26.0 Å². The molecular formula is C21H26N6O2. The van der Waals surface area contributed by atoms with Crippen LogP contribution in [-0.4, -0.2) is 63.4 Å². The monoisotopic (exact) mass is 394 g/mol. The van der Waals surface area contributed by atoms with Crippen molar-refractivity contribution in [1.82, 2.24) is 24.7 Å². The fourth-order valence-electron chi connectivity index (χ4n) is 3.57. The van der Waals surface area contributed by atoms with E-state index in [1.807, 2.05) is 56.3 Å². The average molecular weight is 394 g/mol. The number of rotatable bonds is 6. The molecule has 1 aliphatic heterocycles. The molecule has 1 saturated heterocycles. The van der Waals surface area contributed by atoms with E-state index >= 15 is 0 Å². The van der Waals surface area contributed by atoms with Gasteiger partial charge in [-0.1, -0.05) is 23.4 Å². The van der Waals surface area contributed by atoms with Crippen molar-refractivity contribution in [2.45, 2.75) is 20.4 Å². The van der Waals surface area contributed by atoms with Gasteiger partial charge in [0.1, 0.15) is 11.6 Å². The number of aryl methyl sites for hydroxylation is 2. The number of benzene rings is 1. The van der Waals surface area contributed by atoms with Crippen molar-refractivity contribution in [3.8, 4) is 5.69 Å². The number of carbonyl (C=O) groups is 1. The highest BCUT2D eigenvalue weighted by Gasteiger charge is 2.20. The molecule has 0 saturated carbocycles. The predicted octanol–water partition coefficient (Wildman–Crippen LogP) is 2.23. The lowest BCUT2D eigenvalue weighted by atomic mass is 10.2. The Labute approximate surface area is 170 Å². The summed E-state index contributed by atoms with van der Waals surface area (Å²) >= 11 is 0. The lowest BCUT2D eigenvalue weighted by Crippen LogP contribution is -2.48. The second-order valence-corrected chi connectivity index (χ2v) is 7.45. The van der Waals surface area contributed by atoms with Gasteiger partial charge in [0, 0.05) is 44.9 Å². The summed E-state index contributed by atoms with van der Waals surface area (Å²) in [7, 11) is 0. The van der Waals surface area contributed by atoms with Gasteiger partial charge in [0.05, 0.1) is 23.6 Å². The zero-order valence-corrected chi connectivity index (χ0v) is 16.8. The van der Waals surface area contributed by atoms with Crippen LogP contribution in [0.4, 0.5) is 5.82 Å². The number of aromatic nitrogens is 3. The molecule has 1 aromatic carbocycles. The van der Waals surface area contributed by atoms with E-state index in [0.29, 0.717) is 12.4 Å². The van der Waals surface area contributed by atoms with E-state index in [9.17, 15) is 4.79 Å². The number of anilines is 1. The second-order valence-electron chi connectivity index (χ2n) is 7.45. The maximum absolute atomic E-state index is 12.6. The van der Waals surface area contributed by atoms with Crippen molar-refractivity contribution in [3.63, 3.8) is 0 Å². The Kier molecular flexibility index (Phi) is 5.73. The first-order valence-corrected chi connectivity index (χ1v) is 9.86. The Morgan fingerprint density at radius 2 is 1.79 bits per heavy atom. The maximum atomic E-state index is 12.6. The van der Waals surface area contributed by atoms with Crippen molar-refractivity contribution >= 4 is 11.7 Å². The van der Waals surface area contributed by atoms with Crippen molar-refractivity contribution in [2.24, 2.45) is 0 Å². The lowest BCUT2D eigenvalue weighted by molar-refractivity contribution is -0.117. The number of piperazine rings is 1. The highest BCUT2D eigenvalue weighted by Crippen LogP contribution is 2.17. The zero-order valence-electron chi connectivity index (χ0n) is 16.8. The van der Waals surface area contributed by atoms with E-state index in [1.165, 1.54) is 0 Å². The summed E-state index contributed by atoms with van der Waals surface area (Å²) in [5.74, 6) is 1.50. The van der Waals surface area contributed by atoms with Crippen LogP contribution in [0.1, 0.15) is 17.1 Å². The standard InChI is InChI=1S/C21H26N6O2/c1-16-12-20(27(23-16)19-6-4-3-5-7-19)22-21(28)15-26-10-8-25(9-11-26)14-18-13-17(2)29-24-18/h3-7,12-13H,8-11,14-15H2,1-2H3,(H,22,28). The summed E-state index contributed by atoms with van der Waals surface area (Å²) in [5.41, 5.74) is 2.74. The minimum atomic E-state index is -0.0253. The molecule has 0 atom stereocenters. The third kappa shape index (κ3) is 4.90. The van der Waals surface area contributed by atoms with E-state index in [4.69, 9.17) is 4.52 Å². The molecule has 1 fully saturated rings. The number of hydrogen-bond donors (Lipinski definition) is 1. The van der Waals surface area contributed by atoms with Crippen LogP contribution in [-0.2, 0) is 11.3 Å². The molecule has 0 aliphatic carbocycles. The summed E-state index contributed by atoms with van der Waals surface area (Å²) in [5, 5.41) is 11.6. The van der Waals surface area contributed by atoms with Crippen molar-refractivity contribution < 1.29 is 9.32 Å². The largest absolute Gasteiger partial charge is 0.361 e. The van der Waals surface area contributed by atoms with Crippen molar-refractivity contribution in [3.05, 3.63) is 59.6 Å². The van der Waals surface area contributed by atoms with Crippen LogP contribution >= 0.6 is 0 Å². The molecule has 1 amide bonds. The molecule has 29 heavy (non-hydrogen) atoms. The van der Waals surface area contributed by atoms with Crippen molar-refractivity contribution in [2.75, 3.05) is 38.0 Å². The molecule has 1 N–H and O–H groups in total. The molecule has 1 aliphatic rings. The first-order chi connectivity index (χ1) is 14.1. The average Bonchev–Trinajstić information content (AvgIpc) is 3.29. The molecule has 0 spiro atoms. The van der Waals surface area contributed by atoms with E-state index in [0.717, 1.165) is 55.6 Å². The first-order valence-electron chi connectivity index (χ1n) is 9.86. The van der Waals surface area contributed by atoms with Gasteiger partial charge in [-0.15, -0.1) is 0 Å². The quantitative estimate of drug-likeness (QED) is 0.691. The Balaban J connectivity index is 1.30. The summed E-state index contributed by atoms with van der Waals surface area (Å²) in [6, 6.07) is 13.7. The Bertz CT molecular complexity index is 957. The Morgan fingerprint density at radius 1 is 1.07 bits per heavy atom. The highest BCUT2D eigenvalue weighted by molar-refractivity contribution is 5.91. The number of carbonyl (C=O) groups excluding carboxylic acids is 1. The fourth-order valence-corrected chi connectivity index (χ4v) is 3.57. The molecule has 0 radical (unpaired) electrons. The third-order valence-electron chi connectivity index (χ3n) is 4.99. The third-order valence-corrected chi connectivity index (χ3v) is 4.99. The molecule has 8 heteroatoms. The van der Waals surface area contributed by atoms with Crippen LogP contribution in [0.15, 0.2) is 47.0 Å². The van der Waals surface area contributed by atoms with Gasteiger partial charge >= 0.3 is 0 Å². The number of nitrogens with zero attached hydrogens (tertiary/aromatic N) is 5. The molecule has 2 aromatic heterocycles. The van der Waals surface area contributed by atoms with Crippen LogP contribution in [0, 0.1) is 13.8 Å². The van der Waals surface area contributed by atoms with E-state index in [1.54, 1.807) is 4.68 Å². The summed E-state index contributed by atoms with van der Waals surface area (Å²) in [6.45, 7) is 8.48. The molecule has 8 nitrogen and oxygen atoms in total. The van der Waals surface area contributed by atoms with E-state index < -0.39 is 0 Å². The molecule has 0 unspecified atom stereocenters. The molecule has 0 bridgehead atoms. The van der Waals surface area contributed by atoms with Gasteiger partial charge < -0.3 is 9.84 Å². The van der Waals surface area contributed by atoms with Gasteiger partial charge in [-0.3, -0.25) is 14.6 Å². The van der Waals surface area contributed by atoms with Crippen LogP contribution < -0.4 is 5.32 Å². The van der Waals surface area contributed by atoms with Gasteiger partial charge in [-0.25, -0.2) is 4.68 Å².